The highest BCUT2D eigenvalue weighted by Gasteiger charge is 2.60. The Kier molecular flexibility index (Phi) is 8.28. The van der Waals surface area contributed by atoms with E-state index in [1.165, 1.54) is 0 Å². The molecule has 0 radical (unpaired) electrons. The minimum atomic E-state index is -2.27. The number of ether oxygens (including phenoxy) is 5. The van der Waals surface area contributed by atoms with Crippen molar-refractivity contribution in [1.29, 1.82) is 0 Å². The number of carbonyl (C=O) groups excluding carboxylic acids is 1. The molecule has 2 aliphatic heterocycles. The average Bonchev–Trinajstić information content (AvgIpc) is 3.17. The highest BCUT2D eigenvalue weighted by Crippen LogP contribution is 2.44. The van der Waals surface area contributed by atoms with Crippen LogP contribution in [0.1, 0.15) is 45.7 Å². The smallest absolute Gasteiger partial charge is 0.338 e. The zero-order chi connectivity index (χ0) is 26.8. The lowest BCUT2D eigenvalue weighted by Crippen LogP contribution is -2.63. The van der Waals surface area contributed by atoms with Crippen LogP contribution >= 0.6 is 0 Å². The summed E-state index contributed by atoms with van der Waals surface area (Å²) in [6.07, 6.45) is -3.69. The Labute approximate surface area is 221 Å². The fourth-order valence-corrected chi connectivity index (χ4v) is 5.57. The third-order valence-electron chi connectivity index (χ3n) is 7.28. The van der Waals surface area contributed by atoms with E-state index >= 15 is 0 Å². The third-order valence-corrected chi connectivity index (χ3v) is 11.8. The van der Waals surface area contributed by atoms with E-state index in [0.29, 0.717) is 6.61 Å². The summed E-state index contributed by atoms with van der Waals surface area (Å²) >= 11 is 0. The standard InChI is InChI=1S/C29H40O7Si/c1-28(2,3)37(6,7)36-25-23-22(34-29(4,5)35-23)24(26(30)31-18-20-14-10-8-11-15-20)33-27(25)32-19-21-16-12-9-13-17-21/h8-17,22-25,27H,18-19H2,1-7H3/t22-,23+,24+,25-,27?/m1/s1. The predicted molar refractivity (Wildman–Crippen MR) is 142 cm³/mol. The molecule has 0 N–H and O–H groups in total. The molecule has 0 aromatic heterocycles. The van der Waals surface area contributed by atoms with Crippen molar-refractivity contribution in [2.75, 3.05) is 0 Å². The number of hydrogen-bond acceptors (Lipinski definition) is 7. The molecule has 7 nitrogen and oxygen atoms in total. The molecule has 37 heavy (non-hydrogen) atoms. The van der Waals surface area contributed by atoms with Crippen molar-refractivity contribution in [2.45, 2.75) is 102 Å². The Balaban J connectivity index is 1.60. The molecule has 0 aliphatic carbocycles. The van der Waals surface area contributed by atoms with E-state index in [0.717, 1.165) is 11.1 Å². The van der Waals surface area contributed by atoms with Crippen molar-refractivity contribution >= 4 is 14.3 Å². The monoisotopic (exact) mass is 528 g/mol. The van der Waals surface area contributed by atoms with Gasteiger partial charge in [-0.1, -0.05) is 81.4 Å². The van der Waals surface area contributed by atoms with E-state index in [-0.39, 0.29) is 11.6 Å². The summed E-state index contributed by atoms with van der Waals surface area (Å²) in [6, 6.07) is 19.4. The Morgan fingerprint density at radius 2 is 1.43 bits per heavy atom. The second-order valence-electron chi connectivity index (χ2n) is 11.7. The predicted octanol–water partition coefficient (Wildman–Crippen LogP) is 5.58. The SMILES string of the molecule is CC1(C)O[C@@H]2[C@H](O1)[C@@H](O[Si](C)(C)C(C)(C)C)C(OCc1ccccc1)O[C@@H]2C(=O)OCc1ccccc1. The molecular formula is C29H40O7Si. The van der Waals surface area contributed by atoms with Gasteiger partial charge >= 0.3 is 5.97 Å². The number of benzene rings is 2. The molecule has 0 spiro atoms. The van der Waals surface area contributed by atoms with E-state index < -0.39 is 50.8 Å². The van der Waals surface area contributed by atoms with Crippen LogP contribution in [0, 0.1) is 0 Å². The van der Waals surface area contributed by atoms with Gasteiger partial charge in [-0.25, -0.2) is 4.79 Å². The van der Waals surface area contributed by atoms with E-state index in [1.807, 2.05) is 74.5 Å². The molecule has 5 atom stereocenters. The fourth-order valence-electron chi connectivity index (χ4n) is 4.29. The Morgan fingerprint density at radius 3 is 2.00 bits per heavy atom. The first-order chi connectivity index (χ1) is 17.4. The van der Waals surface area contributed by atoms with Crippen molar-refractivity contribution in [3.8, 4) is 0 Å². The Hall–Kier alpha value is -2.07. The zero-order valence-electron chi connectivity index (χ0n) is 22.9. The quantitative estimate of drug-likeness (QED) is 0.327. The summed E-state index contributed by atoms with van der Waals surface area (Å²) < 4.78 is 37.7. The van der Waals surface area contributed by atoms with Crippen LogP contribution in [0.3, 0.4) is 0 Å². The molecule has 0 bridgehead atoms. The first kappa shape index (κ1) is 27.9. The maximum absolute atomic E-state index is 13.3. The normalized spacial score (nSPS) is 27.5. The van der Waals surface area contributed by atoms with Gasteiger partial charge in [0.05, 0.1) is 6.61 Å². The van der Waals surface area contributed by atoms with Crippen molar-refractivity contribution in [3.63, 3.8) is 0 Å². The van der Waals surface area contributed by atoms with Crippen molar-refractivity contribution < 1.29 is 32.9 Å². The van der Waals surface area contributed by atoms with Crippen LogP contribution in [0.2, 0.25) is 18.1 Å². The summed E-state index contributed by atoms with van der Waals surface area (Å²) in [5.74, 6) is -1.43. The van der Waals surface area contributed by atoms with Gasteiger partial charge in [0.15, 0.2) is 26.5 Å². The second-order valence-corrected chi connectivity index (χ2v) is 16.5. The van der Waals surface area contributed by atoms with E-state index in [1.54, 1.807) is 0 Å². The van der Waals surface area contributed by atoms with Crippen LogP contribution < -0.4 is 0 Å². The van der Waals surface area contributed by atoms with Gasteiger partial charge in [-0.05, 0) is 43.1 Å². The van der Waals surface area contributed by atoms with Crippen molar-refractivity contribution in [2.24, 2.45) is 0 Å². The van der Waals surface area contributed by atoms with Gasteiger partial charge < -0.3 is 28.1 Å². The summed E-state index contributed by atoms with van der Waals surface area (Å²) in [4.78, 5) is 13.3. The molecule has 0 saturated carbocycles. The van der Waals surface area contributed by atoms with E-state index in [4.69, 9.17) is 28.1 Å². The molecule has 202 valence electrons. The Morgan fingerprint density at radius 1 is 0.892 bits per heavy atom. The molecule has 1 unspecified atom stereocenters. The molecule has 4 rings (SSSR count). The molecule has 2 aromatic carbocycles. The first-order valence-electron chi connectivity index (χ1n) is 12.9. The molecule has 0 amide bonds. The van der Waals surface area contributed by atoms with E-state index in [2.05, 4.69) is 33.9 Å². The van der Waals surface area contributed by atoms with Crippen LogP contribution in [0.25, 0.3) is 0 Å². The molecule has 2 aromatic rings. The zero-order valence-corrected chi connectivity index (χ0v) is 23.9. The van der Waals surface area contributed by atoms with Crippen LogP contribution in [0.5, 0.6) is 0 Å². The summed E-state index contributed by atoms with van der Waals surface area (Å²) in [5.41, 5.74) is 1.88. The lowest BCUT2D eigenvalue weighted by atomic mass is 9.99. The number of fused-ring (bicyclic) bond motifs is 1. The van der Waals surface area contributed by atoms with Crippen molar-refractivity contribution in [1.82, 2.24) is 0 Å². The maximum Gasteiger partial charge on any atom is 0.338 e. The van der Waals surface area contributed by atoms with Crippen molar-refractivity contribution in [3.05, 3.63) is 71.8 Å². The summed E-state index contributed by atoms with van der Waals surface area (Å²) in [5, 5.41) is -0.0487. The highest BCUT2D eigenvalue weighted by atomic mass is 28.4. The van der Waals surface area contributed by atoms with Gasteiger partial charge in [-0.3, -0.25) is 0 Å². The number of carbonyl (C=O) groups is 1. The lowest BCUT2D eigenvalue weighted by molar-refractivity contribution is -0.277. The number of hydrogen-bond donors (Lipinski definition) is 0. The number of rotatable bonds is 8. The molecular weight excluding hydrogens is 488 g/mol. The van der Waals surface area contributed by atoms with Crippen LogP contribution in [-0.4, -0.2) is 50.8 Å². The fraction of sp³-hybridized carbons (Fsp3) is 0.552. The molecule has 2 saturated heterocycles. The van der Waals surface area contributed by atoms with Crippen LogP contribution in [0.4, 0.5) is 0 Å². The third kappa shape index (κ3) is 6.68. The Bertz CT molecular complexity index is 1040. The van der Waals surface area contributed by atoms with Gasteiger partial charge in [0.1, 0.15) is 24.9 Å². The van der Waals surface area contributed by atoms with Crippen LogP contribution in [0.15, 0.2) is 60.7 Å². The highest BCUT2D eigenvalue weighted by molar-refractivity contribution is 6.74. The van der Waals surface area contributed by atoms with Gasteiger partial charge in [0, 0.05) is 0 Å². The minimum absolute atomic E-state index is 0.0487. The molecule has 8 heteroatoms. The molecule has 2 heterocycles. The largest absolute Gasteiger partial charge is 0.459 e. The van der Waals surface area contributed by atoms with Gasteiger partial charge in [0.25, 0.3) is 0 Å². The lowest BCUT2D eigenvalue weighted by Gasteiger charge is -2.46. The van der Waals surface area contributed by atoms with Crippen LogP contribution in [-0.2, 0) is 46.1 Å². The number of esters is 1. The second kappa shape index (κ2) is 11.0. The van der Waals surface area contributed by atoms with E-state index in [9.17, 15) is 4.79 Å². The average molecular weight is 529 g/mol. The maximum atomic E-state index is 13.3. The molecule has 2 fully saturated rings. The minimum Gasteiger partial charge on any atom is -0.459 e. The first-order valence-corrected chi connectivity index (χ1v) is 15.8. The summed E-state index contributed by atoms with van der Waals surface area (Å²) in [6.45, 7) is 15.0. The topological polar surface area (TPSA) is 72.5 Å². The van der Waals surface area contributed by atoms with Gasteiger partial charge in [-0.15, -0.1) is 0 Å². The summed E-state index contributed by atoms with van der Waals surface area (Å²) in [7, 11) is -2.27. The molecule has 2 aliphatic rings. The van der Waals surface area contributed by atoms with Gasteiger partial charge in [-0.2, -0.15) is 0 Å². The van der Waals surface area contributed by atoms with Gasteiger partial charge in [0.2, 0.25) is 0 Å².